The summed E-state index contributed by atoms with van der Waals surface area (Å²) < 4.78 is 17.1. The first-order valence-corrected chi connectivity index (χ1v) is 7.38. The molecule has 3 nitrogen and oxygen atoms in total. The average molecular weight is 258 g/mol. The monoisotopic (exact) mass is 258 g/mol. The van der Waals surface area contributed by atoms with Crippen LogP contribution in [0.5, 0.6) is 0 Å². The molecule has 0 heterocycles. The Labute approximate surface area is 112 Å². The number of hydrogen-bond donors (Lipinski definition) is 0. The van der Waals surface area contributed by atoms with Crippen LogP contribution in [0.15, 0.2) is 0 Å². The molecule has 0 atom stereocenters. The number of unbranched alkanes of at least 4 members (excludes halogenated alkanes) is 1. The Morgan fingerprint density at radius 3 is 2.22 bits per heavy atom. The molecule has 108 valence electrons. The molecule has 1 aliphatic rings. The highest BCUT2D eigenvalue weighted by Gasteiger charge is 2.33. The minimum atomic E-state index is -0.0250. The molecule has 0 amide bonds. The summed E-state index contributed by atoms with van der Waals surface area (Å²) in [5, 5.41) is 0. The largest absolute Gasteiger partial charge is 0.381 e. The van der Waals surface area contributed by atoms with Crippen molar-refractivity contribution in [3.8, 4) is 0 Å². The lowest BCUT2D eigenvalue weighted by Crippen LogP contribution is -2.41. The van der Waals surface area contributed by atoms with E-state index in [0.29, 0.717) is 12.2 Å². The van der Waals surface area contributed by atoms with E-state index in [1.165, 1.54) is 6.42 Å². The summed E-state index contributed by atoms with van der Waals surface area (Å²) in [5.74, 6) is 0. The van der Waals surface area contributed by atoms with Crippen molar-refractivity contribution in [1.82, 2.24) is 0 Å². The van der Waals surface area contributed by atoms with E-state index in [0.717, 1.165) is 45.5 Å². The number of rotatable bonds is 9. The summed E-state index contributed by atoms with van der Waals surface area (Å²) in [6, 6.07) is 0. The van der Waals surface area contributed by atoms with Gasteiger partial charge < -0.3 is 14.2 Å². The van der Waals surface area contributed by atoms with Gasteiger partial charge in [0.15, 0.2) is 0 Å². The van der Waals surface area contributed by atoms with Crippen LogP contribution < -0.4 is 0 Å². The third-order valence-corrected chi connectivity index (χ3v) is 3.00. The molecule has 3 heteroatoms. The van der Waals surface area contributed by atoms with Gasteiger partial charge in [-0.1, -0.05) is 13.3 Å². The zero-order valence-electron chi connectivity index (χ0n) is 12.5. The van der Waals surface area contributed by atoms with E-state index >= 15 is 0 Å². The lowest BCUT2D eigenvalue weighted by Gasteiger charge is -2.39. The second-order valence-corrected chi connectivity index (χ2v) is 6.14. The summed E-state index contributed by atoms with van der Waals surface area (Å²) in [7, 11) is 0. The first-order valence-electron chi connectivity index (χ1n) is 7.38. The Morgan fingerprint density at radius 1 is 0.944 bits per heavy atom. The second kappa shape index (κ2) is 8.13. The van der Waals surface area contributed by atoms with Crippen molar-refractivity contribution in [2.45, 2.75) is 77.6 Å². The van der Waals surface area contributed by atoms with Gasteiger partial charge in [0.2, 0.25) is 0 Å². The lowest BCUT2D eigenvalue weighted by atomic mass is 9.91. The normalized spacial score (nSPS) is 24.0. The van der Waals surface area contributed by atoms with Gasteiger partial charge in [0, 0.05) is 19.8 Å². The van der Waals surface area contributed by atoms with Crippen molar-refractivity contribution in [3.63, 3.8) is 0 Å². The van der Waals surface area contributed by atoms with E-state index < -0.39 is 0 Å². The third kappa shape index (κ3) is 7.34. The lowest BCUT2D eigenvalue weighted by molar-refractivity contribution is -0.149. The van der Waals surface area contributed by atoms with Crippen molar-refractivity contribution in [1.29, 1.82) is 0 Å². The van der Waals surface area contributed by atoms with E-state index in [4.69, 9.17) is 14.2 Å². The zero-order valence-corrected chi connectivity index (χ0v) is 12.5. The van der Waals surface area contributed by atoms with Crippen molar-refractivity contribution in [2.24, 2.45) is 0 Å². The predicted octanol–water partition coefficient (Wildman–Crippen LogP) is 3.56. The van der Waals surface area contributed by atoms with Crippen LogP contribution in [0.2, 0.25) is 0 Å². The van der Waals surface area contributed by atoms with Gasteiger partial charge in [0.25, 0.3) is 0 Å². The first-order chi connectivity index (χ1) is 8.51. The van der Waals surface area contributed by atoms with Gasteiger partial charge in [-0.25, -0.2) is 0 Å². The molecule has 1 aliphatic carbocycles. The van der Waals surface area contributed by atoms with Crippen molar-refractivity contribution in [3.05, 3.63) is 0 Å². The summed E-state index contributed by atoms with van der Waals surface area (Å²) in [6.07, 6.45) is 6.28. The molecule has 1 fully saturated rings. The highest BCUT2D eigenvalue weighted by atomic mass is 16.5. The van der Waals surface area contributed by atoms with Crippen LogP contribution in [0.1, 0.15) is 59.8 Å². The van der Waals surface area contributed by atoms with Crippen LogP contribution in [0.4, 0.5) is 0 Å². The van der Waals surface area contributed by atoms with E-state index in [1.54, 1.807) is 0 Å². The van der Waals surface area contributed by atoms with Crippen LogP contribution >= 0.6 is 0 Å². The Hall–Kier alpha value is -0.120. The Kier molecular flexibility index (Phi) is 7.20. The Balaban J connectivity index is 1.85. The Morgan fingerprint density at radius 2 is 1.61 bits per heavy atom. The fraction of sp³-hybridized carbons (Fsp3) is 1.00. The smallest absolute Gasteiger partial charge is 0.0631 e. The van der Waals surface area contributed by atoms with Gasteiger partial charge in [-0.2, -0.15) is 0 Å². The zero-order chi connectivity index (χ0) is 13.4. The summed E-state index contributed by atoms with van der Waals surface area (Å²) >= 11 is 0. The molecule has 1 rings (SSSR count). The highest BCUT2D eigenvalue weighted by molar-refractivity contribution is 4.83. The minimum Gasteiger partial charge on any atom is -0.381 e. The van der Waals surface area contributed by atoms with Gasteiger partial charge in [-0.15, -0.1) is 0 Å². The average Bonchev–Trinajstić information content (AvgIpc) is 2.22. The van der Waals surface area contributed by atoms with Crippen LogP contribution in [-0.2, 0) is 14.2 Å². The SMILES string of the molecule is CCCCOCCCOC1CC(OC(C)(C)C)C1. The molecule has 0 aromatic heterocycles. The predicted molar refractivity (Wildman–Crippen MR) is 73.9 cm³/mol. The molecular weight excluding hydrogens is 228 g/mol. The highest BCUT2D eigenvalue weighted by Crippen LogP contribution is 2.29. The molecule has 0 bridgehead atoms. The van der Waals surface area contributed by atoms with Gasteiger partial charge in [-0.05, 0) is 46.5 Å². The standard InChI is InChI=1S/C15H30O3/c1-5-6-8-16-9-7-10-17-13-11-14(12-13)18-15(2,3)4/h13-14H,5-12H2,1-4H3. The molecule has 0 N–H and O–H groups in total. The van der Waals surface area contributed by atoms with E-state index in [-0.39, 0.29) is 5.60 Å². The molecular formula is C15H30O3. The maximum absolute atomic E-state index is 5.87. The second-order valence-electron chi connectivity index (χ2n) is 6.14. The molecule has 0 aliphatic heterocycles. The summed E-state index contributed by atoms with van der Waals surface area (Å²) in [5.41, 5.74) is -0.0250. The third-order valence-electron chi connectivity index (χ3n) is 3.00. The van der Waals surface area contributed by atoms with E-state index in [1.807, 2.05) is 0 Å². The van der Waals surface area contributed by atoms with E-state index in [2.05, 4.69) is 27.7 Å². The molecule has 0 radical (unpaired) electrons. The molecule has 0 unspecified atom stereocenters. The Bertz CT molecular complexity index is 204. The summed E-state index contributed by atoms with van der Waals surface area (Å²) in [4.78, 5) is 0. The van der Waals surface area contributed by atoms with Gasteiger partial charge in [0.05, 0.1) is 17.8 Å². The van der Waals surface area contributed by atoms with E-state index in [9.17, 15) is 0 Å². The molecule has 0 aromatic rings. The maximum atomic E-state index is 5.87. The molecule has 18 heavy (non-hydrogen) atoms. The molecule has 0 aromatic carbocycles. The van der Waals surface area contributed by atoms with Crippen LogP contribution in [0.3, 0.4) is 0 Å². The van der Waals surface area contributed by atoms with Crippen LogP contribution in [0.25, 0.3) is 0 Å². The van der Waals surface area contributed by atoms with Gasteiger partial charge in [0.1, 0.15) is 0 Å². The summed E-state index contributed by atoms with van der Waals surface area (Å²) in [6.45, 7) is 11.0. The minimum absolute atomic E-state index is 0.0250. The van der Waals surface area contributed by atoms with Crippen molar-refractivity contribution < 1.29 is 14.2 Å². The number of ether oxygens (including phenoxy) is 3. The van der Waals surface area contributed by atoms with Crippen molar-refractivity contribution in [2.75, 3.05) is 19.8 Å². The molecule has 1 saturated carbocycles. The van der Waals surface area contributed by atoms with Crippen LogP contribution in [-0.4, -0.2) is 37.6 Å². The van der Waals surface area contributed by atoms with Crippen molar-refractivity contribution >= 4 is 0 Å². The fourth-order valence-electron chi connectivity index (χ4n) is 2.01. The topological polar surface area (TPSA) is 27.7 Å². The maximum Gasteiger partial charge on any atom is 0.0631 e. The van der Waals surface area contributed by atoms with Gasteiger partial charge in [-0.3, -0.25) is 0 Å². The molecule has 0 spiro atoms. The van der Waals surface area contributed by atoms with Crippen LogP contribution in [0, 0.1) is 0 Å². The van der Waals surface area contributed by atoms with Gasteiger partial charge >= 0.3 is 0 Å². The first kappa shape index (κ1) is 15.9. The fourth-order valence-corrected chi connectivity index (χ4v) is 2.01. The molecule has 0 saturated heterocycles. The number of hydrogen-bond acceptors (Lipinski definition) is 3. The quantitative estimate of drug-likeness (QED) is 0.592.